The fraction of sp³-hybridized carbons (Fsp3) is 0.667. The van der Waals surface area contributed by atoms with E-state index in [4.69, 9.17) is 0 Å². The largest absolute Gasteiger partial charge is 0.316 e. The molecular weight excluding hydrogens is 169 g/mol. The molecule has 72 valence electrons. The van der Waals surface area contributed by atoms with E-state index in [1.165, 1.54) is 0 Å². The van der Waals surface area contributed by atoms with Crippen LogP contribution >= 0.6 is 0 Å². The molecule has 1 aliphatic rings. The van der Waals surface area contributed by atoms with Crippen LogP contribution in [0.4, 0.5) is 4.39 Å². The van der Waals surface area contributed by atoms with Crippen molar-refractivity contribution in [1.82, 2.24) is 15.5 Å². The highest BCUT2D eigenvalue weighted by molar-refractivity contribution is 5.14. The van der Waals surface area contributed by atoms with Crippen molar-refractivity contribution in [3.8, 4) is 0 Å². The lowest BCUT2D eigenvalue weighted by Gasteiger charge is -2.26. The van der Waals surface area contributed by atoms with Crippen molar-refractivity contribution in [2.75, 3.05) is 13.1 Å². The van der Waals surface area contributed by atoms with Crippen molar-refractivity contribution >= 4 is 0 Å². The second-order valence-electron chi connectivity index (χ2n) is 3.84. The first-order chi connectivity index (χ1) is 6.27. The molecule has 0 amide bonds. The molecule has 1 aromatic heterocycles. The predicted molar refractivity (Wildman–Crippen MR) is 47.9 cm³/mol. The Hall–Kier alpha value is -0.900. The number of aromatic nitrogens is 2. The van der Waals surface area contributed by atoms with Gasteiger partial charge in [-0.1, -0.05) is 6.92 Å². The average Bonchev–Trinajstić information content (AvgIpc) is 2.51. The van der Waals surface area contributed by atoms with Gasteiger partial charge in [0.15, 0.2) is 0 Å². The summed E-state index contributed by atoms with van der Waals surface area (Å²) >= 11 is 0. The Bertz CT molecular complexity index is 284. The standard InChI is InChI=1S/C9H14FN3/c1-6-2-7(4-11-3-6)8-5-12-13-9(8)10/h5-7,11H,2-4H2,1H3,(H,12,13). The van der Waals surface area contributed by atoms with Crippen molar-refractivity contribution in [2.45, 2.75) is 19.3 Å². The molecule has 0 saturated carbocycles. The molecule has 0 bridgehead atoms. The van der Waals surface area contributed by atoms with Gasteiger partial charge in [0.2, 0.25) is 5.95 Å². The van der Waals surface area contributed by atoms with Gasteiger partial charge in [0, 0.05) is 18.0 Å². The van der Waals surface area contributed by atoms with Crippen molar-refractivity contribution < 1.29 is 4.39 Å². The van der Waals surface area contributed by atoms with Crippen LogP contribution in [0.15, 0.2) is 6.20 Å². The Kier molecular flexibility index (Phi) is 2.31. The molecule has 2 N–H and O–H groups in total. The first kappa shape index (κ1) is 8.69. The van der Waals surface area contributed by atoms with Gasteiger partial charge in [-0.15, -0.1) is 0 Å². The summed E-state index contributed by atoms with van der Waals surface area (Å²) in [6, 6.07) is 0. The van der Waals surface area contributed by atoms with Gasteiger partial charge in [-0.25, -0.2) is 0 Å². The normalized spacial score (nSPS) is 29.1. The van der Waals surface area contributed by atoms with Crippen LogP contribution in [-0.2, 0) is 0 Å². The molecule has 1 saturated heterocycles. The van der Waals surface area contributed by atoms with E-state index in [-0.39, 0.29) is 11.9 Å². The van der Waals surface area contributed by atoms with Crippen LogP contribution < -0.4 is 5.32 Å². The summed E-state index contributed by atoms with van der Waals surface area (Å²) in [5.74, 6) is 0.622. The zero-order valence-electron chi connectivity index (χ0n) is 7.68. The van der Waals surface area contributed by atoms with Crippen LogP contribution in [0.2, 0.25) is 0 Å². The fourth-order valence-corrected chi connectivity index (χ4v) is 1.96. The molecule has 2 heterocycles. The molecule has 2 rings (SSSR count). The van der Waals surface area contributed by atoms with Gasteiger partial charge < -0.3 is 5.32 Å². The summed E-state index contributed by atoms with van der Waals surface area (Å²) in [5.41, 5.74) is 0.721. The first-order valence-corrected chi connectivity index (χ1v) is 4.67. The third-order valence-electron chi connectivity index (χ3n) is 2.63. The van der Waals surface area contributed by atoms with E-state index < -0.39 is 0 Å². The Morgan fingerprint density at radius 2 is 2.38 bits per heavy atom. The Morgan fingerprint density at radius 3 is 3.00 bits per heavy atom. The number of rotatable bonds is 1. The smallest absolute Gasteiger partial charge is 0.212 e. The van der Waals surface area contributed by atoms with Gasteiger partial charge >= 0.3 is 0 Å². The molecule has 13 heavy (non-hydrogen) atoms. The highest BCUT2D eigenvalue weighted by atomic mass is 19.1. The molecule has 3 nitrogen and oxygen atoms in total. The maximum absolute atomic E-state index is 13.1. The third-order valence-corrected chi connectivity index (χ3v) is 2.63. The summed E-state index contributed by atoms with van der Waals surface area (Å²) in [4.78, 5) is 0. The number of nitrogens with one attached hydrogen (secondary N) is 2. The number of hydrogen-bond donors (Lipinski definition) is 2. The molecule has 0 aliphatic carbocycles. The fourth-order valence-electron chi connectivity index (χ4n) is 1.96. The molecule has 2 unspecified atom stereocenters. The second-order valence-corrected chi connectivity index (χ2v) is 3.84. The maximum atomic E-state index is 13.1. The molecule has 4 heteroatoms. The number of piperidine rings is 1. The van der Waals surface area contributed by atoms with Crippen molar-refractivity contribution in [3.05, 3.63) is 17.7 Å². The van der Waals surface area contributed by atoms with Crippen LogP contribution in [0.1, 0.15) is 24.8 Å². The first-order valence-electron chi connectivity index (χ1n) is 4.67. The van der Waals surface area contributed by atoms with E-state index in [0.29, 0.717) is 5.92 Å². The zero-order valence-corrected chi connectivity index (χ0v) is 7.68. The van der Waals surface area contributed by atoms with Crippen LogP contribution in [0.3, 0.4) is 0 Å². The lowest BCUT2D eigenvalue weighted by Crippen LogP contribution is -2.33. The average molecular weight is 183 g/mol. The van der Waals surface area contributed by atoms with E-state index >= 15 is 0 Å². The SMILES string of the molecule is CC1CNCC(c2cn[nH]c2F)C1. The van der Waals surface area contributed by atoms with Crippen molar-refractivity contribution in [1.29, 1.82) is 0 Å². The molecule has 0 aromatic carbocycles. The summed E-state index contributed by atoms with van der Waals surface area (Å²) < 4.78 is 13.1. The lowest BCUT2D eigenvalue weighted by molar-refractivity contribution is 0.357. The highest BCUT2D eigenvalue weighted by Gasteiger charge is 2.23. The third kappa shape index (κ3) is 1.72. The number of nitrogens with zero attached hydrogens (tertiary/aromatic N) is 1. The van der Waals surface area contributed by atoms with Crippen LogP contribution in [0, 0.1) is 11.9 Å². The summed E-state index contributed by atoms with van der Waals surface area (Å²) in [6.07, 6.45) is 2.64. The Morgan fingerprint density at radius 1 is 1.54 bits per heavy atom. The van der Waals surface area contributed by atoms with Crippen molar-refractivity contribution in [3.63, 3.8) is 0 Å². The number of hydrogen-bond acceptors (Lipinski definition) is 2. The van der Waals surface area contributed by atoms with Gasteiger partial charge in [0.1, 0.15) is 0 Å². The Labute approximate surface area is 76.7 Å². The molecule has 1 aliphatic heterocycles. The zero-order chi connectivity index (χ0) is 9.26. The van der Waals surface area contributed by atoms with Gasteiger partial charge in [0.05, 0.1) is 6.20 Å². The van der Waals surface area contributed by atoms with Gasteiger partial charge in [-0.3, -0.25) is 5.10 Å². The van der Waals surface area contributed by atoms with Crippen molar-refractivity contribution in [2.24, 2.45) is 5.92 Å². The molecule has 1 fully saturated rings. The Balaban J connectivity index is 2.12. The summed E-state index contributed by atoms with van der Waals surface area (Å²) in [6.45, 7) is 4.08. The number of halogens is 1. The van der Waals surface area contributed by atoms with Crippen LogP contribution in [-0.4, -0.2) is 23.3 Å². The quantitative estimate of drug-likeness (QED) is 0.688. The molecule has 2 atom stereocenters. The minimum Gasteiger partial charge on any atom is -0.316 e. The minimum atomic E-state index is -0.277. The van der Waals surface area contributed by atoms with E-state index in [1.807, 2.05) is 0 Å². The summed E-state index contributed by atoms with van der Waals surface area (Å²) in [7, 11) is 0. The van der Waals surface area contributed by atoms with E-state index in [2.05, 4.69) is 22.4 Å². The second kappa shape index (κ2) is 3.46. The van der Waals surface area contributed by atoms with Gasteiger partial charge in [0.25, 0.3) is 0 Å². The molecular formula is C9H14FN3. The summed E-state index contributed by atoms with van der Waals surface area (Å²) in [5, 5.41) is 9.32. The van der Waals surface area contributed by atoms with Gasteiger partial charge in [-0.05, 0) is 18.9 Å². The van der Waals surface area contributed by atoms with E-state index in [0.717, 1.165) is 25.1 Å². The van der Waals surface area contributed by atoms with E-state index in [1.54, 1.807) is 6.20 Å². The maximum Gasteiger partial charge on any atom is 0.212 e. The molecule has 0 spiro atoms. The predicted octanol–water partition coefficient (Wildman–Crippen LogP) is 1.26. The number of aromatic amines is 1. The molecule has 0 radical (unpaired) electrons. The van der Waals surface area contributed by atoms with Crippen LogP contribution in [0.5, 0.6) is 0 Å². The minimum absolute atomic E-state index is 0.277. The van der Waals surface area contributed by atoms with E-state index in [9.17, 15) is 4.39 Å². The van der Waals surface area contributed by atoms with Gasteiger partial charge in [-0.2, -0.15) is 9.49 Å². The molecule has 1 aromatic rings. The van der Waals surface area contributed by atoms with Crippen LogP contribution in [0.25, 0.3) is 0 Å². The number of H-pyrrole nitrogens is 1. The topological polar surface area (TPSA) is 40.7 Å². The monoisotopic (exact) mass is 183 g/mol. The lowest BCUT2D eigenvalue weighted by atomic mass is 9.88. The highest BCUT2D eigenvalue weighted by Crippen LogP contribution is 2.26.